The van der Waals surface area contributed by atoms with Crippen molar-refractivity contribution in [2.45, 2.75) is 25.3 Å². The second-order valence-electron chi connectivity index (χ2n) is 6.73. The molecule has 0 bridgehead atoms. The number of aromatic nitrogens is 2. The highest BCUT2D eigenvalue weighted by Crippen LogP contribution is 2.39. The van der Waals surface area contributed by atoms with E-state index in [0.29, 0.717) is 45.5 Å². The van der Waals surface area contributed by atoms with Crippen LogP contribution in [0.5, 0.6) is 0 Å². The Hall–Kier alpha value is -3.22. The predicted molar refractivity (Wildman–Crippen MR) is 97.4 cm³/mol. The van der Waals surface area contributed by atoms with E-state index in [0.717, 1.165) is 12.8 Å². The second kappa shape index (κ2) is 5.14. The van der Waals surface area contributed by atoms with Gasteiger partial charge in [-0.2, -0.15) is 0 Å². The highest BCUT2D eigenvalue weighted by molar-refractivity contribution is 6.03. The van der Waals surface area contributed by atoms with E-state index in [1.165, 1.54) is 12.5 Å². The Morgan fingerprint density at radius 3 is 2.88 bits per heavy atom. The van der Waals surface area contributed by atoms with Gasteiger partial charge in [-0.15, -0.1) is 0 Å². The van der Waals surface area contributed by atoms with Gasteiger partial charge in [-0.05, 0) is 36.1 Å². The number of nitrogens with two attached hydrogens (primary N) is 1. The van der Waals surface area contributed by atoms with Gasteiger partial charge in [0.25, 0.3) is 5.56 Å². The van der Waals surface area contributed by atoms with Gasteiger partial charge in [0, 0.05) is 29.6 Å². The molecule has 7 heteroatoms. The molecule has 1 aliphatic carbocycles. The van der Waals surface area contributed by atoms with E-state index < -0.39 is 5.82 Å². The van der Waals surface area contributed by atoms with Crippen molar-refractivity contribution in [1.29, 1.82) is 0 Å². The number of halogens is 1. The van der Waals surface area contributed by atoms with Crippen molar-refractivity contribution < 1.29 is 8.81 Å². The number of oxazole rings is 1. The number of rotatable bonds is 2. The molecule has 0 amide bonds. The minimum atomic E-state index is -0.411. The fraction of sp³-hybridized carbons (Fsp3) is 0.211. The standard InChI is InChI=1S/C19H15FN4O2/c1-9-4-10(7-22-18(9)21)12-6-15-13(5-14(12)20)17-16(23-8-26-17)19(25)24(15)11-2-3-11/h5-8,11H,1-4H2,(H2,21,22). The van der Waals surface area contributed by atoms with E-state index >= 15 is 0 Å². The molecule has 1 aromatic carbocycles. The van der Waals surface area contributed by atoms with Crippen molar-refractivity contribution in [2.24, 2.45) is 10.7 Å². The summed E-state index contributed by atoms with van der Waals surface area (Å²) in [5.41, 5.74) is 8.44. The highest BCUT2D eigenvalue weighted by atomic mass is 19.1. The zero-order valence-corrected chi connectivity index (χ0v) is 13.8. The maximum absolute atomic E-state index is 14.9. The molecule has 1 fully saturated rings. The lowest BCUT2D eigenvalue weighted by Crippen LogP contribution is -2.20. The fourth-order valence-electron chi connectivity index (χ4n) is 3.47. The van der Waals surface area contributed by atoms with Crippen molar-refractivity contribution in [3.63, 3.8) is 0 Å². The van der Waals surface area contributed by atoms with Gasteiger partial charge in [0.05, 0.1) is 5.52 Å². The summed E-state index contributed by atoms with van der Waals surface area (Å²) in [4.78, 5) is 20.9. The van der Waals surface area contributed by atoms with Gasteiger partial charge in [-0.3, -0.25) is 4.79 Å². The van der Waals surface area contributed by atoms with Crippen LogP contribution in [0, 0.1) is 5.82 Å². The Morgan fingerprint density at radius 2 is 2.15 bits per heavy atom. The Balaban J connectivity index is 1.84. The first-order valence-electron chi connectivity index (χ1n) is 8.36. The molecule has 0 spiro atoms. The number of hydrogen-bond donors (Lipinski definition) is 1. The van der Waals surface area contributed by atoms with Crippen molar-refractivity contribution in [1.82, 2.24) is 9.55 Å². The first kappa shape index (κ1) is 15.1. The minimum Gasteiger partial charge on any atom is -0.443 e. The highest BCUT2D eigenvalue weighted by Gasteiger charge is 2.29. The molecular formula is C19H15FN4O2. The zero-order valence-electron chi connectivity index (χ0n) is 13.8. The van der Waals surface area contributed by atoms with Crippen LogP contribution in [0.1, 0.15) is 30.9 Å². The lowest BCUT2D eigenvalue weighted by Gasteiger charge is -2.16. The number of nitrogens with zero attached hydrogens (tertiary/aromatic N) is 3. The van der Waals surface area contributed by atoms with E-state index in [9.17, 15) is 9.18 Å². The van der Waals surface area contributed by atoms with E-state index in [1.54, 1.807) is 16.8 Å². The molecule has 5 rings (SSSR count). The van der Waals surface area contributed by atoms with Gasteiger partial charge in [-0.25, -0.2) is 14.4 Å². The van der Waals surface area contributed by atoms with Crippen molar-refractivity contribution in [2.75, 3.05) is 0 Å². The van der Waals surface area contributed by atoms with E-state index in [2.05, 4.69) is 16.6 Å². The van der Waals surface area contributed by atoms with Crippen LogP contribution < -0.4 is 11.3 Å². The number of allylic oxidation sites excluding steroid dienone is 1. The van der Waals surface area contributed by atoms with Crippen LogP contribution in [0.4, 0.5) is 4.39 Å². The van der Waals surface area contributed by atoms with Crippen molar-refractivity contribution in [3.05, 3.63) is 58.6 Å². The number of pyridine rings is 1. The van der Waals surface area contributed by atoms with Crippen LogP contribution >= 0.6 is 0 Å². The maximum atomic E-state index is 14.9. The fourth-order valence-corrected chi connectivity index (χ4v) is 3.47. The largest absolute Gasteiger partial charge is 0.443 e. The summed E-state index contributed by atoms with van der Waals surface area (Å²) in [7, 11) is 0. The molecule has 130 valence electrons. The normalized spacial score (nSPS) is 17.7. The molecular weight excluding hydrogens is 335 g/mol. The zero-order chi connectivity index (χ0) is 18.0. The topological polar surface area (TPSA) is 86.4 Å². The smallest absolute Gasteiger partial charge is 0.281 e. The average Bonchev–Trinajstić information content (AvgIpc) is 3.32. The van der Waals surface area contributed by atoms with Crippen LogP contribution in [0.25, 0.3) is 27.6 Å². The van der Waals surface area contributed by atoms with E-state index in [4.69, 9.17) is 10.2 Å². The molecule has 2 aliphatic rings. The molecule has 1 saturated carbocycles. The molecule has 0 saturated heterocycles. The van der Waals surface area contributed by atoms with Crippen LogP contribution in [0.3, 0.4) is 0 Å². The number of hydrogen-bond acceptors (Lipinski definition) is 5. The summed E-state index contributed by atoms with van der Waals surface area (Å²) in [6, 6.07) is 3.22. The third-order valence-corrected chi connectivity index (χ3v) is 4.96. The number of benzene rings is 1. The van der Waals surface area contributed by atoms with Crippen LogP contribution in [0.15, 0.2) is 51.1 Å². The van der Waals surface area contributed by atoms with Gasteiger partial charge >= 0.3 is 0 Å². The van der Waals surface area contributed by atoms with Crippen molar-refractivity contribution in [3.8, 4) is 0 Å². The van der Waals surface area contributed by atoms with Crippen LogP contribution in [-0.4, -0.2) is 15.4 Å². The lowest BCUT2D eigenvalue weighted by molar-refractivity contribution is 0.602. The molecule has 3 heterocycles. The molecule has 1 aliphatic heterocycles. The molecule has 0 radical (unpaired) electrons. The Bertz CT molecular complexity index is 1230. The Morgan fingerprint density at radius 1 is 1.35 bits per heavy atom. The summed E-state index contributed by atoms with van der Waals surface area (Å²) in [6.45, 7) is 3.87. The summed E-state index contributed by atoms with van der Waals surface area (Å²) < 4.78 is 22.0. The van der Waals surface area contributed by atoms with Gasteiger partial charge in [0.2, 0.25) is 0 Å². The quantitative estimate of drug-likeness (QED) is 0.768. The molecule has 6 nitrogen and oxygen atoms in total. The Labute approximate surface area is 147 Å². The minimum absolute atomic E-state index is 0.119. The molecule has 3 aromatic rings. The number of aliphatic imine (C=N–C) groups is 1. The molecule has 2 N–H and O–H groups in total. The molecule has 0 atom stereocenters. The van der Waals surface area contributed by atoms with Gasteiger partial charge in [0.1, 0.15) is 11.7 Å². The monoisotopic (exact) mass is 350 g/mol. The lowest BCUT2D eigenvalue weighted by atomic mass is 9.95. The van der Waals surface area contributed by atoms with Gasteiger partial charge < -0.3 is 14.7 Å². The van der Waals surface area contributed by atoms with Gasteiger partial charge in [0.15, 0.2) is 17.5 Å². The number of amidine groups is 1. The summed E-state index contributed by atoms with van der Waals surface area (Å²) in [6.07, 6.45) is 5.04. The molecule has 2 aromatic heterocycles. The Kier molecular flexibility index (Phi) is 2.98. The molecule has 0 unspecified atom stereocenters. The third-order valence-electron chi connectivity index (χ3n) is 4.96. The first-order chi connectivity index (χ1) is 12.5. The van der Waals surface area contributed by atoms with E-state index in [1.807, 2.05) is 0 Å². The number of fused-ring (bicyclic) bond motifs is 3. The van der Waals surface area contributed by atoms with E-state index in [-0.39, 0.29) is 17.1 Å². The SMILES string of the molecule is C=C1CC(c2cc3c(cc2F)c2ocnc2c(=O)n3C2CC2)=CN=C1N. The first-order valence-corrected chi connectivity index (χ1v) is 8.36. The molecule has 26 heavy (non-hydrogen) atoms. The summed E-state index contributed by atoms with van der Waals surface area (Å²) in [5, 5.41) is 0.545. The van der Waals surface area contributed by atoms with Crippen molar-refractivity contribution >= 4 is 33.4 Å². The maximum Gasteiger partial charge on any atom is 0.281 e. The van der Waals surface area contributed by atoms with Crippen LogP contribution in [-0.2, 0) is 0 Å². The van der Waals surface area contributed by atoms with Gasteiger partial charge in [-0.1, -0.05) is 6.58 Å². The summed E-state index contributed by atoms with van der Waals surface area (Å²) in [5.74, 6) is -0.0564. The predicted octanol–water partition coefficient (Wildman–Crippen LogP) is 3.27. The summed E-state index contributed by atoms with van der Waals surface area (Å²) >= 11 is 0. The third kappa shape index (κ3) is 2.06. The second-order valence-corrected chi connectivity index (χ2v) is 6.73. The van der Waals surface area contributed by atoms with Crippen LogP contribution in [0.2, 0.25) is 0 Å². The average molecular weight is 350 g/mol.